The molecule has 1 aromatic heterocycles. The highest BCUT2D eigenvalue weighted by molar-refractivity contribution is 6.48. The van der Waals surface area contributed by atoms with Crippen molar-refractivity contribution < 1.29 is 28.2 Å². The first kappa shape index (κ1) is 37.4. The van der Waals surface area contributed by atoms with Gasteiger partial charge in [-0.15, -0.1) is 0 Å². The minimum absolute atomic E-state index is 0.00527. The van der Waals surface area contributed by atoms with E-state index in [2.05, 4.69) is 64.4 Å². The van der Waals surface area contributed by atoms with Crippen LogP contribution in [0.4, 0.5) is 14.9 Å². The third kappa shape index (κ3) is 8.53. The summed E-state index contributed by atoms with van der Waals surface area (Å²) in [7, 11) is -1.38. The Morgan fingerprint density at radius 2 is 1.80 bits per heavy atom. The van der Waals surface area contributed by atoms with E-state index in [1.807, 2.05) is 24.1 Å². The molecule has 0 aliphatic carbocycles. The first-order valence-electron chi connectivity index (χ1n) is 17.7. The molecule has 270 valence electrons. The van der Waals surface area contributed by atoms with Crippen molar-refractivity contribution in [1.29, 1.82) is 0 Å². The summed E-state index contributed by atoms with van der Waals surface area (Å²) in [6.45, 7) is 22.5. The zero-order valence-electron chi connectivity index (χ0n) is 30.8. The number of carbonyl (C=O) groups excluding carboxylic acids is 1. The Hall–Kier alpha value is -2.90. The second kappa shape index (κ2) is 14.8. The van der Waals surface area contributed by atoms with Crippen LogP contribution in [0.1, 0.15) is 65.3 Å². The average Bonchev–Trinajstić information content (AvgIpc) is 3.28. The van der Waals surface area contributed by atoms with E-state index in [0.29, 0.717) is 45.8 Å². The molecular formula is C37H56FN5O5Si. The van der Waals surface area contributed by atoms with Crippen molar-refractivity contribution in [2.24, 2.45) is 5.41 Å². The first-order chi connectivity index (χ1) is 22.9. The Kier molecular flexibility index (Phi) is 11.2. The molecule has 49 heavy (non-hydrogen) atoms. The van der Waals surface area contributed by atoms with E-state index in [0.717, 1.165) is 22.5 Å². The van der Waals surface area contributed by atoms with Gasteiger partial charge in [0.2, 0.25) is 5.91 Å². The SMILES string of the molecule is C[C@@H]1CN(CC(=O)N2CC(C)(C)c3ncc(Cc4ccc(F)cc4)cc32)[C@@H](CN2[C@H](C)COC[C@@H]2C(O[SiH](C)C)C(C)(C)C)CN1C(=O)O. The average molecular weight is 698 g/mol. The van der Waals surface area contributed by atoms with Crippen molar-refractivity contribution in [2.45, 2.75) is 104 Å². The molecule has 5 atom stereocenters. The minimum Gasteiger partial charge on any atom is -0.465 e. The van der Waals surface area contributed by atoms with Crippen molar-refractivity contribution in [3.63, 3.8) is 0 Å². The van der Waals surface area contributed by atoms with E-state index in [-0.39, 0.29) is 59.4 Å². The highest BCUT2D eigenvalue weighted by atomic mass is 28.3. The minimum atomic E-state index is -1.38. The molecule has 1 N–H and O–H groups in total. The number of benzene rings is 1. The van der Waals surface area contributed by atoms with Crippen LogP contribution in [0.5, 0.6) is 0 Å². The van der Waals surface area contributed by atoms with E-state index in [1.54, 1.807) is 12.1 Å². The molecule has 0 spiro atoms. The van der Waals surface area contributed by atoms with Crippen molar-refractivity contribution in [2.75, 3.05) is 50.8 Å². The van der Waals surface area contributed by atoms with E-state index in [1.165, 1.54) is 17.0 Å². The summed E-state index contributed by atoms with van der Waals surface area (Å²) < 4.78 is 26.3. The molecule has 1 aromatic carbocycles. The number of hydrogen-bond donors (Lipinski definition) is 1. The van der Waals surface area contributed by atoms with Crippen molar-refractivity contribution in [3.8, 4) is 0 Å². The standard InChI is InChI=1S/C37H56FN5O5Si/c1-24-17-40(20-32(44)43-23-37(6,7)33-30(43)15-27(16-39-33)14-26-10-12-28(38)13-11-26)29(19-42(24)35(45)46)18-41-25(2)21-47-22-31(41)34(36(3,4)5)48-49(8)9/h10-13,15-16,24-25,29,31,34,49H,14,17-23H2,1-9H3,(H,45,46)/t24-,25-,29+,31-,34?/m1/s1. The molecule has 0 radical (unpaired) electrons. The Balaban J connectivity index is 1.41. The lowest BCUT2D eigenvalue weighted by Crippen LogP contribution is -2.67. The predicted octanol–water partition coefficient (Wildman–Crippen LogP) is 4.99. The van der Waals surface area contributed by atoms with Crippen molar-refractivity contribution in [1.82, 2.24) is 19.7 Å². The van der Waals surface area contributed by atoms with Crippen LogP contribution in [0.25, 0.3) is 0 Å². The van der Waals surface area contributed by atoms with Gasteiger partial charge < -0.3 is 24.1 Å². The van der Waals surface area contributed by atoms with E-state index < -0.39 is 15.1 Å². The summed E-state index contributed by atoms with van der Waals surface area (Å²) in [5.41, 5.74) is 3.17. The molecule has 3 aliphatic heterocycles. The van der Waals surface area contributed by atoms with E-state index >= 15 is 0 Å². The second-order valence-corrected chi connectivity index (χ2v) is 18.7. The molecule has 10 nitrogen and oxygen atoms in total. The lowest BCUT2D eigenvalue weighted by Gasteiger charge is -2.51. The number of carboxylic acid groups (broad SMARTS) is 1. The molecule has 1 unspecified atom stereocenters. The highest BCUT2D eigenvalue weighted by Crippen LogP contribution is 2.40. The van der Waals surface area contributed by atoms with Gasteiger partial charge in [-0.3, -0.25) is 19.6 Å². The van der Waals surface area contributed by atoms with Gasteiger partial charge in [0, 0.05) is 55.9 Å². The van der Waals surface area contributed by atoms with Crippen molar-refractivity contribution in [3.05, 3.63) is 59.2 Å². The molecule has 2 aromatic rings. The summed E-state index contributed by atoms with van der Waals surface area (Å²) in [5, 5.41) is 10.1. The normalized spacial score (nSPS) is 25.4. The summed E-state index contributed by atoms with van der Waals surface area (Å²) in [5.74, 6) is -0.300. The van der Waals surface area contributed by atoms with E-state index in [9.17, 15) is 19.1 Å². The number of hydrogen-bond acceptors (Lipinski definition) is 7. The zero-order valence-corrected chi connectivity index (χ0v) is 31.9. The molecule has 0 bridgehead atoms. The summed E-state index contributed by atoms with van der Waals surface area (Å²) in [6, 6.07) is 8.15. The Morgan fingerprint density at radius 3 is 2.43 bits per heavy atom. The fourth-order valence-corrected chi connectivity index (χ4v) is 8.98. The summed E-state index contributed by atoms with van der Waals surface area (Å²) in [4.78, 5) is 39.6. The first-order valence-corrected chi connectivity index (χ1v) is 20.5. The smallest absolute Gasteiger partial charge is 0.407 e. The number of anilines is 1. The number of pyridine rings is 1. The van der Waals surface area contributed by atoms with Gasteiger partial charge in [-0.1, -0.05) is 46.8 Å². The molecule has 2 saturated heterocycles. The number of fused-ring (bicyclic) bond motifs is 1. The van der Waals surface area contributed by atoms with Gasteiger partial charge in [0.25, 0.3) is 0 Å². The maximum absolute atomic E-state index is 14.4. The Morgan fingerprint density at radius 1 is 1.10 bits per heavy atom. The topological polar surface area (TPSA) is 98.7 Å². The molecular weight excluding hydrogens is 642 g/mol. The quantitative estimate of drug-likeness (QED) is 0.366. The molecule has 5 rings (SSSR count). The maximum atomic E-state index is 14.4. The number of morpholine rings is 1. The fourth-order valence-electron chi connectivity index (χ4n) is 7.80. The van der Waals surface area contributed by atoms with Gasteiger partial charge >= 0.3 is 6.09 Å². The molecule has 2 amide bonds. The summed E-state index contributed by atoms with van der Waals surface area (Å²) >= 11 is 0. The van der Waals surface area contributed by atoms with Crippen LogP contribution < -0.4 is 4.90 Å². The third-order valence-electron chi connectivity index (χ3n) is 10.3. The molecule has 0 saturated carbocycles. The van der Waals surface area contributed by atoms with Crippen LogP contribution in [0.15, 0.2) is 36.5 Å². The van der Waals surface area contributed by atoms with Crippen LogP contribution in [-0.4, -0.2) is 122 Å². The van der Waals surface area contributed by atoms with Crippen LogP contribution >= 0.6 is 0 Å². The lowest BCUT2D eigenvalue weighted by atomic mass is 9.83. The van der Waals surface area contributed by atoms with E-state index in [4.69, 9.17) is 14.1 Å². The number of halogens is 1. The monoisotopic (exact) mass is 697 g/mol. The fraction of sp³-hybridized carbons (Fsp3) is 0.649. The van der Waals surface area contributed by atoms with Gasteiger partial charge in [-0.2, -0.15) is 0 Å². The van der Waals surface area contributed by atoms with Gasteiger partial charge in [-0.25, -0.2) is 9.18 Å². The second-order valence-electron chi connectivity index (χ2n) is 16.4. The third-order valence-corrected chi connectivity index (χ3v) is 11.1. The molecule has 12 heteroatoms. The summed E-state index contributed by atoms with van der Waals surface area (Å²) in [6.07, 6.45) is 1.45. The largest absolute Gasteiger partial charge is 0.465 e. The van der Waals surface area contributed by atoms with Gasteiger partial charge in [-0.05, 0) is 68.1 Å². The highest BCUT2D eigenvalue weighted by Gasteiger charge is 2.45. The van der Waals surface area contributed by atoms with Gasteiger partial charge in [0.15, 0.2) is 9.04 Å². The lowest BCUT2D eigenvalue weighted by molar-refractivity contribution is -0.125. The predicted molar refractivity (Wildman–Crippen MR) is 192 cm³/mol. The zero-order chi connectivity index (χ0) is 35.8. The number of rotatable bonds is 9. The Labute approximate surface area is 293 Å². The van der Waals surface area contributed by atoms with Crippen LogP contribution in [0.3, 0.4) is 0 Å². The van der Waals surface area contributed by atoms with Crippen molar-refractivity contribution >= 4 is 26.7 Å². The number of piperazine rings is 1. The Bertz CT molecular complexity index is 1480. The molecule has 2 fully saturated rings. The van der Waals surface area contributed by atoms with Gasteiger partial charge in [0.05, 0.1) is 43.3 Å². The molecule has 3 aliphatic rings. The van der Waals surface area contributed by atoms with Crippen LogP contribution in [-0.2, 0) is 25.8 Å². The molecule has 4 heterocycles. The van der Waals surface area contributed by atoms with Crippen LogP contribution in [0, 0.1) is 11.2 Å². The number of ether oxygens (including phenoxy) is 1. The number of aromatic nitrogens is 1. The number of carbonyl (C=O) groups is 2. The number of nitrogens with zero attached hydrogens (tertiary/aromatic N) is 5. The van der Waals surface area contributed by atoms with Gasteiger partial charge in [0.1, 0.15) is 5.82 Å². The number of amides is 2. The maximum Gasteiger partial charge on any atom is 0.407 e. The van der Waals surface area contributed by atoms with Crippen LogP contribution in [0.2, 0.25) is 13.1 Å².